The maximum Gasteiger partial charge on any atom is 0.238 e. The third-order valence-electron chi connectivity index (χ3n) is 3.98. The zero-order chi connectivity index (χ0) is 13.0. The quantitative estimate of drug-likeness (QED) is 0.709. The number of likely N-dealkylation sites (tertiary alicyclic amines) is 1. The molecular formula is C14H23N3O. The highest BCUT2D eigenvalue weighted by Crippen LogP contribution is 2.24. The first-order valence-corrected chi connectivity index (χ1v) is 6.95. The summed E-state index contributed by atoms with van der Waals surface area (Å²) in [5.41, 5.74) is 0. The van der Waals surface area contributed by atoms with E-state index >= 15 is 0 Å². The summed E-state index contributed by atoms with van der Waals surface area (Å²) in [4.78, 5) is 14.6. The molecule has 0 spiro atoms. The van der Waals surface area contributed by atoms with Crippen molar-refractivity contribution in [1.29, 1.82) is 0 Å². The van der Waals surface area contributed by atoms with Gasteiger partial charge in [0.05, 0.1) is 12.1 Å². The fourth-order valence-electron chi connectivity index (χ4n) is 3.00. The molecule has 100 valence electrons. The van der Waals surface area contributed by atoms with Crippen LogP contribution in [0.1, 0.15) is 32.6 Å². The summed E-state index contributed by atoms with van der Waals surface area (Å²) < 4.78 is 0. The van der Waals surface area contributed by atoms with Crippen LogP contribution < -0.4 is 10.6 Å². The second kappa shape index (κ2) is 6.21. The van der Waals surface area contributed by atoms with E-state index in [0.29, 0.717) is 6.04 Å². The zero-order valence-corrected chi connectivity index (χ0v) is 11.1. The molecule has 2 N–H and O–H groups in total. The summed E-state index contributed by atoms with van der Waals surface area (Å²) >= 11 is 0. The van der Waals surface area contributed by atoms with Crippen LogP contribution in [0.25, 0.3) is 0 Å². The lowest BCUT2D eigenvalue weighted by Gasteiger charge is -2.35. The molecule has 2 unspecified atom stereocenters. The summed E-state index contributed by atoms with van der Waals surface area (Å²) in [6.07, 6.45) is 9.69. The van der Waals surface area contributed by atoms with Crippen LogP contribution in [0.3, 0.4) is 0 Å². The monoisotopic (exact) mass is 249 g/mol. The minimum absolute atomic E-state index is 0.0314. The molecule has 2 saturated heterocycles. The number of piperidine rings is 1. The number of hydrogen-bond acceptors (Lipinski definition) is 3. The minimum Gasteiger partial charge on any atom is -0.341 e. The van der Waals surface area contributed by atoms with E-state index in [1.807, 2.05) is 6.92 Å². The Bertz CT molecular complexity index is 330. The highest BCUT2D eigenvalue weighted by molar-refractivity contribution is 5.82. The average Bonchev–Trinajstić information content (AvgIpc) is 2.88. The lowest BCUT2D eigenvalue weighted by Crippen LogP contribution is -2.51. The summed E-state index contributed by atoms with van der Waals surface area (Å²) in [6, 6.07) is 0.419. The fourth-order valence-corrected chi connectivity index (χ4v) is 3.00. The maximum absolute atomic E-state index is 12.2. The normalized spacial score (nSPS) is 27.7. The third kappa shape index (κ3) is 3.04. The summed E-state index contributed by atoms with van der Waals surface area (Å²) in [6.45, 7) is 5.03. The molecular weight excluding hydrogens is 226 g/mol. The topological polar surface area (TPSA) is 44.4 Å². The van der Waals surface area contributed by atoms with Crippen molar-refractivity contribution in [3.05, 3.63) is 0 Å². The van der Waals surface area contributed by atoms with E-state index in [1.165, 1.54) is 0 Å². The Hall–Kier alpha value is -1.05. The lowest BCUT2D eigenvalue weighted by molar-refractivity contribution is -0.126. The van der Waals surface area contributed by atoms with Gasteiger partial charge in [0, 0.05) is 6.04 Å². The van der Waals surface area contributed by atoms with Crippen LogP contribution in [-0.4, -0.2) is 48.6 Å². The summed E-state index contributed by atoms with van der Waals surface area (Å²) in [7, 11) is 0. The molecule has 0 saturated carbocycles. The molecule has 0 bridgehead atoms. The van der Waals surface area contributed by atoms with Crippen molar-refractivity contribution in [2.24, 2.45) is 0 Å². The van der Waals surface area contributed by atoms with Crippen LogP contribution in [0, 0.1) is 12.3 Å². The Kier molecular flexibility index (Phi) is 4.62. The van der Waals surface area contributed by atoms with Crippen LogP contribution in [0.15, 0.2) is 0 Å². The van der Waals surface area contributed by atoms with E-state index in [9.17, 15) is 4.79 Å². The van der Waals surface area contributed by atoms with Crippen LogP contribution in [-0.2, 0) is 4.79 Å². The summed E-state index contributed by atoms with van der Waals surface area (Å²) in [5, 5.41) is 6.28. The van der Waals surface area contributed by atoms with Crippen molar-refractivity contribution >= 4 is 5.91 Å². The molecule has 0 aromatic rings. The smallest absolute Gasteiger partial charge is 0.238 e. The molecule has 0 aromatic carbocycles. The second-order valence-electron chi connectivity index (χ2n) is 5.27. The van der Waals surface area contributed by atoms with E-state index in [-0.39, 0.29) is 18.0 Å². The van der Waals surface area contributed by atoms with E-state index in [0.717, 1.165) is 45.3 Å². The van der Waals surface area contributed by atoms with E-state index in [1.54, 1.807) is 0 Å². The number of amides is 1. The van der Waals surface area contributed by atoms with Crippen molar-refractivity contribution in [3.63, 3.8) is 0 Å². The van der Waals surface area contributed by atoms with Crippen molar-refractivity contribution in [3.8, 4) is 12.3 Å². The molecule has 4 nitrogen and oxygen atoms in total. The van der Waals surface area contributed by atoms with Crippen molar-refractivity contribution < 1.29 is 4.79 Å². The maximum atomic E-state index is 12.2. The number of rotatable bonds is 3. The van der Waals surface area contributed by atoms with Gasteiger partial charge in [0.15, 0.2) is 0 Å². The van der Waals surface area contributed by atoms with E-state index in [4.69, 9.17) is 6.42 Å². The Labute approximate surface area is 109 Å². The molecule has 0 aliphatic carbocycles. The van der Waals surface area contributed by atoms with Gasteiger partial charge in [-0.25, -0.2) is 0 Å². The summed E-state index contributed by atoms with van der Waals surface area (Å²) in [5.74, 6) is 2.66. The molecule has 0 aromatic heterocycles. The highest BCUT2D eigenvalue weighted by Gasteiger charge is 2.35. The molecule has 2 fully saturated rings. The van der Waals surface area contributed by atoms with Gasteiger partial charge in [0.25, 0.3) is 0 Å². The van der Waals surface area contributed by atoms with Crippen LogP contribution in [0.5, 0.6) is 0 Å². The van der Waals surface area contributed by atoms with Gasteiger partial charge >= 0.3 is 0 Å². The zero-order valence-electron chi connectivity index (χ0n) is 11.1. The minimum atomic E-state index is -0.173. The van der Waals surface area contributed by atoms with Crippen molar-refractivity contribution in [1.82, 2.24) is 15.5 Å². The Balaban J connectivity index is 1.94. The standard InChI is InChI=1S/C14H23N3O/c1-3-11(2)16-14(18)13-5-4-10-17(13)12-6-8-15-9-7-12/h1,11-13,15H,4-10H2,2H3,(H,16,18). The van der Waals surface area contributed by atoms with Gasteiger partial charge in [0.1, 0.15) is 0 Å². The van der Waals surface area contributed by atoms with Crippen molar-refractivity contribution in [2.45, 2.75) is 50.7 Å². The Morgan fingerprint density at radius 1 is 1.44 bits per heavy atom. The molecule has 0 radical (unpaired) electrons. The molecule has 2 heterocycles. The van der Waals surface area contributed by atoms with Gasteiger partial charge in [-0.15, -0.1) is 6.42 Å². The number of carbonyl (C=O) groups excluding carboxylic acids is 1. The molecule has 2 rings (SSSR count). The second-order valence-corrected chi connectivity index (χ2v) is 5.27. The fraction of sp³-hybridized carbons (Fsp3) is 0.786. The van der Waals surface area contributed by atoms with Gasteiger partial charge < -0.3 is 10.6 Å². The molecule has 2 aliphatic rings. The van der Waals surface area contributed by atoms with E-state index in [2.05, 4.69) is 21.5 Å². The predicted octanol–water partition coefficient (Wildman–Crippen LogP) is 0.341. The molecule has 2 atom stereocenters. The predicted molar refractivity (Wildman–Crippen MR) is 72.1 cm³/mol. The largest absolute Gasteiger partial charge is 0.341 e. The third-order valence-corrected chi connectivity index (χ3v) is 3.98. The van der Waals surface area contributed by atoms with Crippen LogP contribution in [0.2, 0.25) is 0 Å². The first-order chi connectivity index (χ1) is 8.72. The average molecular weight is 249 g/mol. The van der Waals surface area contributed by atoms with E-state index < -0.39 is 0 Å². The first kappa shape index (κ1) is 13.4. The van der Waals surface area contributed by atoms with Crippen LogP contribution >= 0.6 is 0 Å². The van der Waals surface area contributed by atoms with Gasteiger partial charge in [0.2, 0.25) is 5.91 Å². The highest BCUT2D eigenvalue weighted by atomic mass is 16.2. The van der Waals surface area contributed by atoms with Crippen molar-refractivity contribution in [2.75, 3.05) is 19.6 Å². The Morgan fingerprint density at radius 3 is 2.83 bits per heavy atom. The number of terminal acetylenes is 1. The van der Waals surface area contributed by atoms with Crippen LogP contribution in [0.4, 0.5) is 0 Å². The lowest BCUT2D eigenvalue weighted by atomic mass is 10.0. The molecule has 4 heteroatoms. The van der Waals surface area contributed by atoms with Gasteiger partial charge in [-0.3, -0.25) is 9.69 Å². The Morgan fingerprint density at radius 2 is 2.17 bits per heavy atom. The number of nitrogens with zero attached hydrogens (tertiary/aromatic N) is 1. The number of hydrogen-bond donors (Lipinski definition) is 2. The molecule has 2 aliphatic heterocycles. The molecule has 18 heavy (non-hydrogen) atoms. The van der Waals surface area contributed by atoms with Gasteiger partial charge in [-0.05, 0) is 52.2 Å². The number of carbonyl (C=O) groups is 1. The number of nitrogens with one attached hydrogen (secondary N) is 2. The SMILES string of the molecule is C#CC(C)NC(=O)C1CCCN1C1CCNCC1. The first-order valence-electron chi connectivity index (χ1n) is 6.95. The van der Waals surface area contributed by atoms with Gasteiger partial charge in [-0.1, -0.05) is 5.92 Å². The molecule has 1 amide bonds. The van der Waals surface area contributed by atoms with Gasteiger partial charge in [-0.2, -0.15) is 0 Å².